The Morgan fingerprint density at radius 2 is 1.26 bits per heavy atom. The van der Waals surface area contributed by atoms with E-state index in [1.807, 2.05) is 0 Å². The molecule has 0 heterocycles. The molecular weight excluding hydrogens is 276 g/mol. The molecule has 3 aliphatic carbocycles. The molecule has 3 fully saturated rings. The molecule has 0 aliphatic heterocycles. The van der Waals surface area contributed by atoms with Crippen LogP contribution < -0.4 is 0 Å². The van der Waals surface area contributed by atoms with Crippen molar-refractivity contribution in [3.8, 4) is 0 Å². The second-order valence-electron chi connectivity index (χ2n) is 8.48. The summed E-state index contributed by atoms with van der Waals surface area (Å²) in [4.78, 5) is 0. The van der Waals surface area contributed by atoms with E-state index in [1.165, 1.54) is 96.3 Å². The smallest absolute Gasteiger partial charge is 0.0187 e. The van der Waals surface area contributed by atoms with Gasteiger partial charge in [0.05, 0.1) is 0 Å². The molecule has 23 heavy (non-hydrogen) atoms. The van der Waals surface area contributed by atoms with Gasteiger partial charge >= 0.3 is 0 Å². The minimum Gasteiger partial charge on any atom is -0.0876 e. The summed E-state index contributed by atoms with van der Waals surface area (Å²) >= 11 is 0. The summed E-state index contributed by atoms with van der Waals surface area (Å²) in [5, 5.41) is 0. The molecule has 0 aromatic heterocycles. The summed E-state index contributed by atoms with van der Waals surface area (Å²) in [5.41, 5.74) is 0. The van der Waals surface area contributed by atoms with E-state index in [2.05, 4.69) is 24.3 Å². The third-order valence-electron chi connectivity index (χ3n) is 6.64. The summed E-state index contributed by atoms with van der Waals surface area (Å²) in [6.45, 7) is 0. The van der Waals surface area contributed by atoms with E-state index in [9.17, 15) is 0 Å². The lowest BCUT2D eigenvalue weighted by Gasteiger charge is -2.24. The van der Waals surface area contributed by atoms with Crippen LogP contribution in [0, 0.1) is 23.7 Å². The van der Waals surface area contributed by atoms with Crippen molar-refractivity contribution < 1.29 is 0 Å². The summed E-state index contributed by atoms with van der Waals surface area (Å²) < 4.78 is 0. The molecule has 3 aliphatic rings. The Labute approximate surface area is 144 Å². The predicted molar refractivity (Wildman–Crippen MR) is 101 cm³/mol. The lowest BCUT2D eigenvalue weighted by Crippen LogP contribution is -2.09. The van der Waals surface area contributed by atoms with E-state index < -0.39 is 0 Å². The molecule has 129 valence electrons. The van der Waals surface area contributed by atoms with Gasteiger partial charge in [-0.1, -0.05) is 88.5 Å². The van der Waals surface area contributed by atoms with Crippen molar-refractivity contribution >= 4 is 0 Å². The van der Waals surface area contributed by atoms with Gasteiger partial charge in [-0.05, 0) is 49.9 Å². The Hall–Kier alpha value is -0.520. The Morgan fingerprint density at radius 1 is 0.652 bits per heavy atom. The van der Waals surface area contributed by atoms with Crippen LogP contribution in [0.15, 0.2) is 24.3 Å². The van der Waals surface area contributed by atoms with Crippen molar-refractivity contribution in [2.24, 2.45) is 17.8 Å². The lowest BCUT2D eigenvalue weighted by molar-refractivity contribution is 0.298. The first-order valence-corrected chi connectivity index (χ1v) is 10.6. The van der Waals surface area contributed by atoms with E-state index in [4.69, 9.17) is 0 Å². The van der Waals surface area contributed by atoms with E-state index in [-0.39, 0.29) is 0 Å². The molecule has 0 aromatic rings. The zero-order chi connectivity index (χ0) is 15.7. The van der Waals surface area contributed by atoms with E-state index in [0.717, 1.165) is 17.8 Å². The van der Waals surface area contributed by atoms with Gasteiger partial charge in [0, 0.05) is 5.92 Å². The monoisotopic (exact) mass is 313 g/mol. The molecule has 0 bridgehead atoms. The highest BCUT2D eigenvalue weighted by molar-refractivity contribution is 5.22. The summed E-state index contributed by atoms with van der Waals surface area (Å²) in [7, 11) is 0. The van der Waals surface area contributed by atoms with Crippen LogP contribution in [0.5, 0.6) is 0 Å². The fourth-order valence-corrected chi connectivity index (χ4v) is 4.38. The highest BCUT2D eigenvalue weighted by atomic mass is 14.2. The summed E-state index contributed by atoms with van der Waals surface area (Å²) in [6.07, 6.45) is 31.5. The third-order valence-corrected chi connectivity index (χ3v) is 6.64. The third kappa shape index (κ3) is 6.12. The molecule has 3 rings (SSSR count). The van der Waals surface area contributed by atoms with Gasteiger partial charge in [0.15, 0.2) is 0 Å². The van der Waals surface area contributed by atoms with Crippen LogP contribution in [0.25, 0.3) is 0 Å². The van der Waals surface area contributed by atoms with Gasteiger partial charge in [-0.2, -0.15) is 0 Å². The quantitative estimate of drug-likeness (QED) is 0.394. The SMILES string of the molecule is C(=C[C](C=CCC1CCC1)CCC1CCCC1)CCC1CCC1. The van der Waals surface area contributed by atoms with Crippen LogP contribution in [0.4, 0.5) is 0 Å². The van der Waals surface area contributed by atoms with Gasteiger partial charge in [0.2, 0.25) is 0 Å². The topological polar surface area (TPSA) is 0 Å². The minimum atomic E-state index is 1.00. The zero-order valence-electron chi connectivity index (χ0n) is 15.1. The second kappa shape index (κ2) is 9.70. The largest absolute Gasteiger partial charge is 0.0876 e. The van der Waals surface area contributed by atoms with Crippen LogP contribution in [-0.2, 0) is 0 Å². The standard InChI is InChI=1S/C23H37/c1(8-20-12-5-13-20)2-11-23(17-7-16-21-14-6-15-21)19-18-22-9-3-4-10-22/h2,7,11,17,20-22H,1,3-6,8-10,12-16,18-19H2. The van der Waals surface area contributed by atoms with Crippen LogP contribution in [-0.4, -0.2) is 0 Å². The fraction of sp³-hybridized carbons (Fsp3) is 0.783. The molecule has 0 atom stereocenters. The average molecular weight is 314 g/mol. The predicted octanol–water partition coefficient (Wildman–Crippen LogP) is 7.41. The van der Waals surface area contributed by atoms with Crippen molar-refractivity contribution in [1.82, 2.24) is 0 Å². The van der Waals surface area contributed by atoms with E-state index in [0.29, 0.717) is 0 Å². The molecule has 0 aromatic carbocycles. The highest BCUT2D eigenvalue weighted by Crippen LogP contribution is 2.33. The van der Waals surface area contributed by atoms with Crippen LogP contribution in [0.1, 0.15) is 96.3 Å². The number of hydrogen-bond acceptors (Lipinski definition) is 0. The van der Waals surface area contributed by atoms with Crippen molar-refractivity contribution in [1.29, 1.82) is 0 Å². The van der Waals surface area contributed by atoms with E-state index >= 15 is 0 Å². The van der Waals surface area contributed by atoms with Crippen molar-refractivity contribution in [2.75, 3.05) is 0 Å². The summed E-state index contributed by atoms with van der Waals surface area (Å²) in [5.74, 6) is 4.68. The van der Waals surface area contributed by atoms with Gasteiger partial charge in [-0.3, -0.25) is 0 Å². The molecular formula is C23H37. The van der Waals surface area contributed by atoms with Crippen molar-refractivity contribution in [3.63, 3.8) is 0 Å². The average Bonchev–Trinajstić information content (AvgIpc) is 2.97. The van der Waals surface area contributed by atoms with Gasteiger partial charge in [-0.25, -0.2) is 0 Å². The normalized spacial score (nSPS) is 24.0. The molecule has 0 N–H and O–H groups in total. The molecule has 0 nitrogen and oxygen atoms in total. The Bertz CT molecular complexity index is 363. The van der Waals surface area contributed by atoms with Gasteiger partial charge < -0.3 is 0 Å². The minimum absolute atomic E-state index is 1.00. The number of allylic oxidation sites excluding steroid dienone is 4. The van der Waals surface area contributed by atoms with Gasteiger partial charge in [0.1, 0.15) is 0 Å². The molecule has 0 unspecified atom stereocenters. The van der Waals surface area contributed by atoms with Crippen LogP contribution in [0.3, 0.4) is 0 Å². The van der Waals surface area contributed by atoms with Crippen LogP contribution >= 0.6 is 0 Å². The first-order valence-electron chi connectivity index (χ1n) is 10.6. The first kappa shape index (κ1) is 17.3. The van der Waals surface area contributed by atoms with Crippen molar-refractivity contribution in [2.45, 2.75) is 96.3 Å². The lowest BCUT2D eigenvalue weighted by atomic mass is 9.82. The maximum absolute atomic E-state index is 2.48. The summed E-state index contributed by atoms with van der Waals surface area (Å²) in [6, 6.07) is 0. The maximum Gasteiger partial charge on any atom is 0.0187 e. The molecule has 0 spiro atoms. The maximum atomic E-state index is 2.48. The second-order valence-corrected chi connectivity index (χ2v) is 8.48. The molecule has 0 amide bonds. The molecule has 0 saturated heterocycles. The zero-order valence-corrected chi connectivity index (χ0v) is 15.1. The van der Waals surface area contributed by atoms with E-state index in [1.54, 1.807) is 5.92 Å². The van der Waals surface area contributed by atoms with Gasteiger partial charge in [0.25, 0.3) is 0 Å². The Kier molecular flexibility index (Phi) is 7.30. The van der Waals surface area contributed by atoms with Crippen molar-refractivity contribution in [3.05, 3.63) is 30.2 Å². The number of rotatable bonds is 10. The Balaban J connectivity index is 1.39. The van der Waals surface area contributed by atoms with Crippen LogP contribution in [0.2, 0.25) is 0 Å². The Morgan fingerprint density at radius 3 is 1.91 bits per heavy atom. The highest BCUT2D eigenvalue weighted by Gasteiger charge is 2.18. The van der Waals surface area contributed by atoms with Gasteiger partial charge in [-0.15, -0.1) is 0 Å². The molecule has 1 radical (unpaired) electrons. The first-order chi connectivity index (χ1) is 11.4. The molecule has 0 heteroatoms. The fourth-order valence-electron chi connectivity index (χ4n) is 4.38. The molecule has 3 saturated carbocycles. The number of hydrogen-bond donors (Lipinski definition) is 0.